The quantitative estimate of drug-likeness (QED) is 0.546. The molecule has 0 atom stereocenters. The minimum absolute atomic E-state index is 0.124. The van der Waals surface area contributed by atoms with Crippen molar-refractivity contribution in [1.29, 1.82) is 0 Å². The maximum absolute atomic E-state index is 11.7. The lowest BCUT2D eigenvalue weighted by Gasteiger charge is -2.37. The van der Waals surface area contributed by atoms with Crippen LogP contribution in [0.5, 0.6) is 5.75 Å². The van der Waals surface area contributed by atoms with Crippen molar-refractivity contribution in [2.75, 3.05) is 44.2 Å². The second kappa shape index (κ2) is 9.63. The Kier molecular flexibility index (Phi) is 6.71. The van der Waals surface area contributed by atoms with Crippen LogP contribution in [0.25, 0.3) is 0 Å². The molecular formula is C24H33N3O2. The summed E-state index contributed by atoms with van der Waals surface area (Å²) in [6, 6.07) is 1.99. The van der Waals surface area contributed by atoms with Crippen LogP contribution in [0.3, 0.4) is 0 Å². The van der Waals surface area contributed by atoms with Crippen LogP contribution in [0.15, 0.2) is 12.3 Å². The Hall–Kier alpha value is -2.06. The maximum atomic E-state index is 11.7. The van der Waals surface area contributed by atoms with Gasteiger partial charge in [0, 0.05) is 50.8 Å². The molecule has 0 radical (unpaired) electrons. The van der Waals surface area contributed by atoms with Crippen LogP contribution in [0.4, 0.5) is 5.82 Å². The summed E-state index contributed by atoms with van der Waals surface area (Å²) >= 11 is 0. The highest BCUT2D eigenvalue weighted by Gasteiger charge is 2.26. The van der Waals surface area contributed by atoms with Crippen molar-refractivity contribution >= 4 is 11.6 Å². The van der Waals surface area contributed by atoms with E-state index in [0.717, 1.165) is 56.7 Å². The van der Waals surface area contributed by atoms with E-state index in [0.29, 0.717) is 12.3 Å². The fourth-order valence-electron chi connectivity index (χ4n) is 5.10. The molecule has 5 nitrogen and oxygen atoms in total. The van der Waals surface area contributed by atoms with E-state index < -0.39 is 0 Å². The standard InChI is InChI=1S/C24H33N3O2/c1-2-3-21(28)18-20-6-4-19(5-7-20)9-12-26-13-15-27(16-14-26)24-22-10-17-29-23(22)8-11-25-24/h8,11,19-20H,4-7,9-10,12-18H2,1H3. The number of carbonyl (C=O) groups is 1. The van der Waals surface area contributed by atoms with Crippen molar-refractivity contribution < 1.29 is 9.53 Å². The van der Waals surface area contributed by atoms with Crippen molar-refractivity contribution in [1.82, 2.24) is 9.88 Å². The van der Waals surface area contributed by atoms with Gasteiger partial charge in [-0.1, -0.05) is 18.8 Å². The molecule has 1 aliphatic carbocycles. The molecule has 0 amide bonds. The third kappa shape index (κ3) is 5.11. The number of ether oxygens (including phenoxy) is 1. The van der Waals surface area contributed by atoms with E-state index >= 15 is 0 Å². The summed E-state index contributed by atoms with van der Waals surface area (Å²) < 4.78 is 5.70. The average Bonchev–Trinajstić information content (AvgIpc) is 3.23. The molecule has 1 aromatic heterocycles. The van der Waals surface area contributed by atoms with Gasteiger partial charge in [-0.2, -0.15) is 0 Å². The van der Waals surface area contributed by atoms with Gasteiger partial charge in [0.2, 0.25) is 5.78 Å². The molecule has 1 saturated carbocycles. The maximum Gasteiger partial charge on any atom is 0.205 e. The van der Waals surface area contributed by atoms with Gasteiger partial charge >= 0.3 is 0 Å². The molecule has 1 aromatic rings. The molecule has 3 heterocycles. The third-order valence-electron chi connectivity index (χ3n) is 6.83. The molecular weight excluding hydrogens is 362 g/mol. The molecule has 5 heteroatoms. The molecule has 0 unspecified atom stereocenters. The zero-order valence-electron chi connectivity index (χ0n) is 17.7. The van der Waals surface area contributed by atoms with Gasteiger partial charge in [-0.25, -0.2) is 4.98 Å². The second-order valence-corrected chi connectivity index (χ2v) is 8.72. The predicted molar refractivity (Wildman–Crippen MR) is 115 cm³/mol. The number of anilines is 1. The fraction of sp³-hybridized carbons (Fsp3) is 0.667. The molecule has 0 aromatic carbocycles. The first-order valence-corrected chi connectivity index (χ1v) is 11.3. The first-order chi connectivity index (χ1) is 14.2. The number of nitrogens with zero attached hydrogens (tertiary/aromatic N) is 3. The highest BCUT2D eigenvalue weighted by atomic mass is 16.5. The first kappa shape index (κ1) is 20.2. The molecule has 2 fully saturated rings. The molecule has 29 heavy (non-hydrogen) atoms. The van der Waals surface area contributed by atoms with Crippen molar-refractivity contribution in [3.63, 3.8) is 0 Å². The zero-order valence-corrected chi connectivity index (χ0v) is 17.7. The minimum Gasteiger partial charge on any atom is -0.493 e. The monoisotopic (exact) mass is 395 g/mol. The van der Waals surface area contributed by atoms with Crippen LogP contribution in [0.2, 0.25) is 0 Å². The fourth-order valence-corrected chi connectivity index (χ4v) is 5.10. The number of aromatic nitrogens is 1. The molecule has 1 saturated heterocycles. The van der Waals surface area contributed by atoms with E-state index in [9.17, 15) is 4.79 Å². The van der Waals surface area contributed by atoms with Gasteiger partial charge in [0.15, 0.2) is 0 Å². The van der Waals surface area contributed by atoms with Gasteiger partial charge < -0.3 is 9.64 Å². The number of rotatable bonds is 6. The molecule has 0 bridgehead atoms. The SMILES string of the molecule is CC#CC(=O)CC1CCC(CCN2CCN(c3nccc4c3CCO4)CC2)CC1. The Bertz CT molecular complexity index is 766. The molecule has 2 aliphatic heterocycles. The Morgan fingerprint density at radius 2 is 1.93 bits per heavy atom. The normalized spacial score (nSPS) is 24.4. The van der Waals surface area contributed by atoms with Gasteiger partial charge in [-0.15, -0.1) is 0 Å². The number of Topliss-reactive ketones (excluding diaryl/α,β-unsaturated/α-hetero) is 1. The van der Waals surface area contributed by atoms with Crippen molar-refractivity contribution in [3.05, 3.63) is 17.8 Å². The molecule has 156 valence electrons. The Morgan fingerprint density at radius 3 is 2.69 bits per heavy atom. The number of hydrogen-bond acceptors (Lipinski definition) is 5. The van der Waals surface area contributed by atoms with E-state index in [1.165, 1.54) is 44.2 Å². The molecule has 4 rings (SSSR count). The summed E-state index contributed by atoms with van der Waals surface area (Å²) in [4.78, 5) is 21.4. The van der Waals surface area contributed by atoms with E-state index in [-0.39, 0.29) is 5.78 Å². The Balaban J connectivity index is 1.17. The van der Waals surface area contributed by atoms with Gasteiger partial charge in [0.05, 0.1) is 6.61 Å². The number of piperazine rings is 1. The lowest BCUT2D eigenvalue weighted by molar-refractivity contribution is -0.114. The number of ketones is 1. The van der Waals surface area contributed by atoms with E-state index in [1.807, 2.05) is 12.3 Å². The highest BCUT2D eigenvalue weighted by molar-refractivity contribution is 5.95. The van der Waals surface area contributed by atoms with Crippen LogP contribution in [0.1, 0.15) is 51.0 Å². The van der Waals surface area contributed by atoms with Crippen LogP contribution in [-0.4, -0.2) is 55.0 Å². The lowest BCUT2D eigenvalue weighted by Crippen LogP contribution is -2.47. The Morgan fingerprint density at radius 1 is 1.17 bits per heavy atom. The molecule has 0 spiro atoms. The van der Waals surface area contributed by atoms with Gasteiger partial charge in [0.25, 0.3) is 0 Å². The molecule has 0 N–H and O–H groups in total. The predicted octanol–water partition coefficient (Wildman–Crippen LogP) is 3.32. The summed E-state index contributed by atoms with van der Waals surface area (Å²) in [5, 5.41) is 0. The van der Waals surface area contributed by atoms with Gasteiger partial charge in [-0.05, 0) is 56.6 Å². The third-order valence-corrected chi connectivity index (χ3v) is 6.83. The first-order valence-electron chi connectivity index (χ1n) is 11.3. The van der Waals surface area contributed by atoms with Gasteiger partial charge in [-0.3, -0.25) is 9.69 Å². The zero-order chi connectivity index (χ0) is 20.1. The van der Waals surface area contributed by atoms with Crippen molar-refractivity contribution in [2.24, 2.45) is 11.8 Å². The number of hydrogen-bond donors (Lipinski definition) is 0. The topological polar surface area (TPSA) is 45.7 Å². The summed E-state index contributed by atoms with van der Waals surface area (Å²) in [5.74, 6) is 9.10. The lowest BCUT2D eigenvalue weighted by atomic mass is 9.78. The summed E-state index contributed by atoms with van der Waals surface area (Å²) in [6.45, 7) is 8.07. The summed E-state index contributed by atoms with van der Waals surface area (Å²) in [5.41, 5.74) is 1.29. The molecule has 3 aliphatic rings. The largest absolute Gasteiger partial charge is 0.493 e. The number of carbonyl (C=O) groups excluding carboxylic acids is 1. The van der Waals surface area contributed by atoms with E-state index in [1.54, 1.807) is 6.92 Å². The van der Waals surface area contributed by atoms with Crippen LogP contribution in [0, 0.1) is 23.7 Å². The van der Waals surface area contributed by atoms with E-state index in [2.05, 4.69) is 26.6 Å². The Labute approximate surface area is 174 Å². The summed E-state index contributed by atoms with van der Waals surface area (Å²) in [7, 11) is 0. The smallest absolute Gasteiger partial charge is 0.205 e. The average molecular weight is 396 g/mol. The van der Waals surface area contributed by atoms with Crippen LogP contribution in [-0.2, 0) is 11.2 Å². The number of pyridine rings is 1. The van der Waals surface area contributed by atoms with E-state index in [4.69, 9.17) is 4.74 Å². The van der Waals surface area contributed by atoms with Crippen molar-refractivity contribution in [2.45, 2.75) is 51.9 Å². The highest BCUT2D eigenvalue weighted by Crippen LogP contribution is 2.34. The van der Waals surface area contributed by atoms with Crippen LogP contribution < -0.4 is 9.64 Å². The number of fused-ring (bicyclic) bond motifs is 1. The summed E-state index contributed by atoms with van der Waals surface area (Å²) in [6.07, 6.45) is 9.77. The van der Waals surface area contributed by atoms with Gasteiger partial charge in [0.1, 0.15) is 11.6 Å². The second-order valence-electron chi connectivity index (χ2n) is 8.72. The van der Waals surface area contributed by atoms with Crippen molar-refractivity contribution in [3.8, 4) is 17.6 Å². The van der Waals surface area contributed by atoms with Crippen LogP contribution >= 0.6 is 0 Å². The minimum atomic E-state index is 0.124.